The molecule has 1 aliphatic carbocycles. The fourth-order valence-electron chi connectivity index (χ4n) is 2.93. The molecule has 1 heterocycles. The minimum atomic E-state index is 0.581. The van der Waals surface area contributed by atoms with Crippen LogP contribution in [0.3, 0.4) is 0 Å². The van der Waals surface area contributed by atoms with E-state index in [1.54, 1.807) is 0 Å². The number of imidazole rings is 1. The molecule has 0 spiro atoms. The zero-order valence-electron chi connectivity index (χ0n) is 14.0. The highest BCUT2D eigenvalue weighted by atomic mass is 32.2. The van der Waals surface area contributed by atoms with Crippen LogP contribution in [0.5, 0.6) is 0 Å². The van der Waals surface area contributed by atoms with Crippen LogP contribution in [-0.2, 0) is 6.54 Å². The Balaban J connectivity index is 1.59. The van der Waals surface area contributed by atoms with Crippen LogP contribution in [0.4, 0.5) is 0 Å². The molecule has 1 aliphatic rings. The summed E-state index contributed by atoms with van der Waals surface area (Å²) in [6, 6.07) is 0.581. The molecule has 0 bridgehead atoms. The second-order valence-electron chi connectivity index (χ2n) is 5.89. The van der Waals surface area contributed by atoms with Crippen molar-refractivity contribution in [2.24, 2.45) is 4.99 Å². The first-order valence-corrected chi connectivity index (χ1v) is 9.49. The second-order valence-corrected chi connectivity index (χ2v) is 7.02. The van der Waals surface area contributed by atoms with Gasteiger partial charge in [-0.1, -0.05) is 0 Å². The molecular formula is C16H29N5S. The lowest BCUT2D eigenvalue weighted by molar-refractivity contribution is 0.578. The van der Waals surface area contributed by atoms with Gasteiger partial charge in [0.1, 0.15) is 5.82 Å². The summed E-state index contributed by atoms with van der Waals surface area (Å²) >= 11 is 1.99. The Labute approximate surface area is 138 Å². The number of nitrogens with one attached hydrogen (secondary N) is 2. The molecule has 2 N–H and O–H groups in total. The fourth-order valence-corrected chi connectivity index (χ4v) is 3.72. The largest absolute Gasteiger partial charge is 0.356 e. The molecule has 1 fully saturated rings. The highest BCUT2D eigenvalue weighted by molar-refractivity contribution is 7.99. The normalized spacial score (nSPS) is 22.0. The summed E-state index contributed by atoms with van der Waals surface area (Å²) in [5.41, 5.74) is 0. The summed E-state index contributed by atoms with van der Waals surface area (Å²) in [7, 11) is 1.85. The van der Waals surface area contributed by atoms with Crippen molar-refractivity contribution in [2.75, 3.05) is 19.8 Å². The first kappa shape index (κ1) is 17.2. The number of aliphatic imine (C=N–C) groups is 1. The number of thioether (sulfide) groups is 1. The van der Waals surface area contributed by atoms with Crippen molar-refractivity contribution in [1.29, 1.82) is 0 Å². The van der Waals surface area contributed by atoms with E-state index in [2.05, 4.69) is 31.4 Å². The topological polar surface area (TPSA) is 54.2 Å². The van der Waals surface area contributed by atoms with Gasteiger partial charge in [-0.2, -0.15) is 11.8 Å². The predicted octanol–water partition coefficient (Wildman–Crippen LogP) is 2.42. The Kier molecular flexibility index (Phi) is 7.09. The third kappa shape index (κ3) is 5.23. The highest BCUT2D eigenvalue weighted by Gasteiger charge is 2.24. The van der Waals surface area contributed by atoms with Gasteiger partial charge in [-0.25, -0.2) is 4.98 Å². The molecule has 124 valence electrons. The molecule has 1 aromatic rings. The van der Waals surface area contributed by atoms with Gasteiger partial charge in [0.25, 0.3) is 0 Å². The van der Waals surface area contributed by atoms with E-state index in [4.69, 9.17) is 0 Å². The van der Waals surface area contributed by atoms with Gasteiger partial charge in [0.15, 0.2) is 5.96 Å². The summed E-state index contributed by atoms with van der Waals surface area (Å²) in [6.07, 6.45) is 12.2. The van der Waals surface area contributed by atoms with Crippen LogP contribution in [0.1, 0.15) is 37.9 Å². The Morgan fingerprint density at radius 2 is 2.32 bits per heavy atom. The van der Waals surface area contributed by atoms with Crippen molar-refractivity contribution in [3.63, 3.8) is 0 Å². The SMILES string of the molecule is CN=C(NCCCCn1ccnc1C)NC1CCC(SC)C1. The van der Waals surface area contributed by atoms with Gasteiger partial charge >= 0.3 is 0 Å². The Morgan fingerprint density at radius 1 is 1.45 bits per heavy atom. The van der Waals surface area contributed by atoms with E-state index in [0.29, 0.717) is 6.04 Å². The van der Waals surface area contributed by atoms with E-state index >= 15 is 0 Å². The maximum Gasteiger partial charge on any atom is 0.191 e. The van der Waals surface area contributed by atoms with E-state index in [1.165, 1.54) is 19.3 Å². The van der Waals surface area contributed by atoms with Gasteiger partial charge < -0.3 is 15.2 Å². The van der Waals surface area contributed by atoms with Gasteiger partial charge in [0.2, 0.25) is 0 Å². The first-order valence-electron chi connectivity index (χ1n) is 8.20. The Hall–Kier alpha value is -1.17. The third-order valence-electron chi connectivity index (χ3n) is 4.32. The lowest BCUT2D eigenvalue weighted by Crippen LogP contribution is -2.42. The Bertz CT molecular complexity index is 471. The van der Waals surface area contributed by atoms with Crippen LogP contribution in [0.15, 0.2) is 17.4 Å². The summed E-state index contributed by atoms with van der Waals surface area (Å²) in [6.45, 7) is 4.05. The monoisotopic (exact) mass is 323 g/mol. The zero-order valence-corrected chi connectivity index (χ0v) is 14.8. The van der Waals surface area contributed by atoms with E-state index < -0.39 is 0 Å². The molecule has 0 radical (unpaired) electrons. The smallest absolute Gasteiger partial charge is 0.191 e. The van der Waals surface area contributed by atoms with Crippen LogP contribution in [0.25, 0.3) is 0 Å². The van der Waals surface area contributed by atoms with Crippen LogP contribution < -0.4 is 10.6 Å². The van der Waals surface area contributed by atoms with Crippen LogP contribution >= 0.6 is 11.8 Å². The molecule has 0 amide bonds. The van der Waals surface area contributed by atoms with Crippen molar-refractivity contribution in [2.45, 2.75) is 56.9 Å². The van der Waals surface area contributed by atoms with E-state index in [9.17, 15) is 0 Å². The maximum absolute atomic E-state index is 4.34. The number of unbranched alkanes of at least 4 members (excludes halogenated alkanes) is 1. The van der Waals surface area contributed by atoms with Gasteiger partial charge in [-0.15, -0.1) is 0 Å². The lowest BCUT2D eigenvalue weighted by atomic mass is 10.2. The molecule has 6 heteroatoms. The number of guanidine groups is 1. The standard InChI is InChI=1S/C16H29N5S/c1-13-18-9-11-21(13)10-5-4-8-19-16(17-2)20-14-6-7-15(12-14)22-3/h9,11,14-15H,4-8,10,12H2,1-3H3,(H2,17,19,20). The number of hydrogen-bond donors (Lipinski definition) is 2. The first-order chi connectivity index (χ1) is 10.7. The average Bonchev–Trinajstić information content (AvgIpc) is 3.14. The second kappa shape index (κ2) is 9.08. The number of aryl methyl sites for hydroxylation is 2. The summed E-state index contributed by atoms with van der Waals surface area (Å²) < 4.78 is 2.20. The molecule has 2 unspecified atom stereocenters. The lowest BCUT2D eigenvalue weighted by Gasteiger charge is -2.17. The molecule has 0 saturated heterocycles. The molecule has 0 aromatic carbocycles. The number of hydrogen-bond acceptors (Lipinski definition) is 3. The van der Waals surface area contributed by atoms with Crippen molar-refractivity contribution < 1.29 is 0 Å². The van der Waals surface area contributed by atoms with Crippen molar-refractivity contribution in [3.8, 4) is 0 Å². The summed E-state index contributed by atoms with van der Waals surface area (Å²) in [5.74, 6) is 2.04. The highest BCUT2D eigenvalue weighted by Crippen LogP contribution is 2.27. The fraction of sp³-hybridized carbons (Fsp3) is 0.750. The van der Waals surface area contributed by atoms with Crippen molar-refractivity contribution in [1.82, 2.24) is 20.2 Å². The van der Waals surface area contributed by atoms with Crippen LogP contribution in [0.2, 0.25) is 0 Å². The van der Waals surface area contributed by atoms with E-state index in [0.717, 1.165) is 43.0 Å². The molecule has 5 nitrogen and oxygen atoms in total. The molecule has 1 aromatic heterocycles. The van der Waals surface area contributed by atoms with Gasteiger partial charge in [0.05, 0.1) is 0 Å². The van der Waals surface area contributed by atoms with Crippen molar-refractivity contribution in [3.05, 3.63) is 18.2 Å². The quantitative estimate of drug-likeness (QED) is 0.460. The van der Waals surface area contributed by atoms with Crippen molar-refractivity contribution >= 4 is 17.7 Å². The molecule has 0 aliphatic heterocycles. The number of aromatic nitrogens is 2. The maximum atomic E-state index is 4.34. The minimum Gasteiger partial charge on any atom is -0.356 e. The molecular weight excluding hydrogens is 294 g/mol. The van der Waals surface area contributed by atoms with E-state index in [1.807, 2.05) is 38.1 Å². The number of rotatable bonds is 7. The minimum absolute atomic E-state index is 0.581. The molecule has 2 atom stereocenters. The Morgan fingerprint density at radius 3 is 2.95 bits per heavy atom. The summed E-state index contributed by atoms with van der Waals surface area (Å²) in [5, 5.41) is 7.80. The average molecular weight is 324 g/mol. The predicted molar refractivity (Wildman–Crippen MR) is 95.6 cm³/mol. The molecule has 1 saturated carbocycles. The summed E-state index contributed by atoms with van der Waals surface area (Å²) in [4.78, 5) is 8.58. The third-order valence-corrected chi connectivity index (χ3v) is 5.42. The van der Waals surface area contributed by atoms with Gasteiger partial charge in [0, 0.05) is 43.8 Å². The van der Waals surface area contributed by atoms with Crippen LogP contribution in [-0.4, -0.2) is 46.7 Å². The van der Waals surface area contributed by atoms with Gasteiger partial charge in [-0.05, 0) is 45.3 Å². The molecule has 22 heavy (non-hydrogen) atoms. The molecule has 2 rings (SSSR count). The zero-order chi connectivity index (χ0) is 15.8. The number of nitrogens with zero attached hydrogens (tertiary/aromatic N) is 3. The van der Waals surface area contributed by atoms with Gasteiger partial charge in [-0.3, -0.25) is 4.99 Å². The van der Waals surface area contributed by atoms with E-state index in [-0.39, 0.29) is 0 Å². The van der Waals surface area contributed by atoms with Crippen LogP contribution in [0, 0.1) is 6.92 Å².